The van der Waals surface area contributed by atoms with Gasteiger partial charge in [-0.15, -0.1) is 11.3 Å². The van der Waals surface area contributed by atoms with Crippen molar-refractivity contribution in [2.75, 3.05) is 11.9 Å². The van der Waals surface area contributed by atoms with Crippen LogP contribution in [0, 0.1) is 6.92 Å². The van der Waals surface area contributed by atoms with Crippen molar-refractivity contribution >= 4 is 38.4 Å². The number of hydrogen-bond acceptors (Lipinski definition) is 4. The molecule has 0 spiro atoms. The summed E-state index contributed by atoms with van der Waals surface area (Å²) in [6.45, 7) is 2.45. The molecule has 0 saturated carbocycles. The van der Waals surface area contributed by atoms with Gasteiger partial charge in [-0.3, -0.25) is 0 Å². The van der Waals surface area contributed by atoms with Crippen molar-refractivity contribution in [3.05, 3.63) is 44.9 Å². The number of aromatic carboxylic acids is 1. The molecule has 4 nitrogen and oxygen atoms in total. The van der Waals surface area contributed by atoms with Crippen LogP contribution in [0.25, 0.3) is 0 Å². The maximum atomic E-state index is 11.0. The van der Waals surface area contributed by atoms with Gasteiger partial charge in [-0.25, -0.2) is 9.78 Å². The number of thiazole rings is 1. The number of aryl methyl sites for hydroxylation is 1. The van der Waals surface area contributed by atoms with Crippen LogP contribution in [0.3, 0.4) is 0 Å². The molecule has 1 heterocycles. The van der Waals surface area contributed by atoms with E-state index in [1.165, 1.54) is 11.3 Å². The second kappa shape index (κ2) is 5.71. The molecular formula is C13H13BrN2O2S. The monoisotopic (exact) mass is 340 g/mol. The second-order valence-corrected chi connectivity index (χ2v) is 6.19. The summed E-state index contributed by atoms with van der Waals surface area (Å²) in [4.78, 5) is 17.8. The van der Waals surface area contributed by atoms with E-state index in [9.17, 15) is 4.79 Å². The summed E-state index contributed by atoms with van der Waals surface area (Å²) >= 11 is 4.90. The number of anilines is 1. The van der Waals surface area contributed by atoms with Crippen molar-refractivity contribution in [3.8, 4) is 0 Å². The fraction of sp³-hybridized carbons (Fsp3) is 0.231. The first-order valence-corrected chi connectivity index (χ1v) is 7.25. The molecule has 0 aliphatic carbocycles. The summed E-state index contributed by atoms with van der Waals surface area (Å²) in [7, 11) is 1.91. The van der Waals surface area contributed by atoms with Gasteiger partial charge in [0.2, 0.25) is 0 Å². The first-order valence-electron chi connectivity index (χ1n) is 5.64. The van der Waals surface area contributed by atoms with E-state index in [2.05, 4.69) is 20.9 Å². The lowest BCUT2D eigenvalue weighted by atomic mass is 10.2. The molecule has 1 aromatic carbocycles. The van der Waals surface area contributed by atoms with Crippen LogP contribution in [-0.2, 0) is 6.54 Å². The maximum absolute atomic E-state index is 11.0. The summed E-state index contributed by atoms with van der Waals surface area (Å²) in [6.07, 6.45) is 0. The number of rotatable bonds is 4. The Bertz CT molecular complexity index is 612. The lowest BCUT2D eigenvalue weighted by molar-refractivity contribution is 0.0690. The van der Waals surface area contributed by atoms with Gasteiger partial charge in [-0.1, -0.05) is 34.1 Å². The Kier molecular flexibility index (Phi) is 4.21. The SMILES string of the molecule is Cc1sc(N(C)Cc2ccccc2Br)nc1C(=O)O. The van der Waals surface area contributed by atoms with E-state index in [1.807, 2.05) is 36.2 Å². The standard InChI is InChI=1S/C13H13BrN2O2S/c1-8-11(12(17)18)15-13(19-8)16(2)7-9-5-3-4-6-10(9)14/h3-6H,7H2,1-2H3,(H,17,18). The van der Waals surface area contributed by atoms with Gasteiger partial charge in [0.25, 0.3) is 0 Å². The highest BCUT2D eigenvalue weighted by Crippen LogP contribution is 2.27. The first kappa shape index (κ1) is 14.0. The molecule has 1 N–H and O–H groups in total. The largest absolute Gasteiger partial charge is 0.476 e. The molecule has 1 aromatic heterocycles. The van der Waals surface area contributed by atoms with Crippen LogP contribution in [0.5, 0.6) is 0 Å². The van der Waals surface area contributed by atoms with Gasteiger partial charge in [0.15, 0.2) is 10.8 Å². The number of carbonyl (C=O) groups is 1. The van der Waals surface area contributed by atoms with Gasteiger partial charge < -0.3 is 10.0 Å². The van der Waals surface area contributed by atoms with Crippen LogP contribution in [0.1, 0.15) is 20.9 Å². The smallest absolute Gasteiger partial charge is 0.355 e. The van der Waals surface area contributed by atoms with Crippen molar-refractivity contribution in [3.63, 3.8) is 0 Å². The Morgan fingerprint density at radius 2 is 2.16 bits per heavy atom. The zero-order chi connectivity index (χ0) is 14.0. The molecule has 0 aliphatic heterocycles. The van der Waals surface area contributed by atoms with Crippen LogP contribution in [0.15, 0.2) is 28.7 Å². The van der Waals surface area contributed by atoms with Crippen molar-refractivity contribution in [1.82, 2.24) is 4.98 Å². The highest BCUT2D eigenvalue weighted by Gasteiger charge is 2.16. The lowest BCUT2D eigenvalue weighted by Gasteiger charge is -2.16. The Hall–Kier alpha value is -1.40. The summed E-state index contributed by atoms with van der Waals surface area (Å²) < 4.78 is 1.04. The fourth-order valence-electron chi connectivity index (χ4n) is 1.69. The van der Waals surface area contributed by atoms with Gasteiger partial charge in [0.05, 0.1) is 0 Å². The van der Waals surface area contributed by atoms with Gasteiger partial charge in [-0.05, 0) is 18.6 Å². The lowest BCUT2D eigenvalue weighted by Crippen LogP contribution is -2.16. The van der Waals surface area contributed by atoms with Crippen molar-refractivity contribution in [1.29, 1.82) is 0 Å². The quantitative estimate of drug-likeness (QED) is 0.924. The molecule has 0 atom stereocenters. The van der Waals surface area contributed by atoms with Gasteiger partial charge >= 0.3 is 5.97 Å². The molecule has 0 aliphatic rings. The second-order valence-electron chi connectivity index (χ2n) is 4.15. The van der Waals surface area contributed by atoms with Crippen LogP contribution in [-0.4, -0.2) is 23.1 Å². The number of hydrogen-bond donors (Lipinski definition) is 1. The molecule has 0 amide bonds. The third-order valence-corrected chi connectivity index (χ3v) is 4.54. The summed E-state index contributed by atoms with van der Waals surface area (Å²) in [6, 6.07) is 7.95. The number of carboxylic acids is 1. The molecule has 19 heavy (non-hydrogen) atoms. The molecule has 0 fully saturated rings. The average molecular weight is 341 g/mol. The molecule has 2 rings (SSSR count). The predicted octanol–water partition coefficient (Wildman–Crippen LogP) is 3.55. The molecule has 0 unspecified atom stereocenters. The van der Waals surface area contributed by atoms with Gasteiger partial charge in [-0.2, -0.15) is 0 Å². The molecule has 6 heteroatoms. The van der Waals surface area contributed by atoms with Crippen molar-refractivity contribution in [2.24, 2.45) is 0 Å². The molecular weight excluding hydrogens is 328 g/mol. The zero-order valence-electron chi connectivity index (χ0n) is 10.6. The summed E-state index contributed by atoms with van der Waals surface area (Å²) in [5.74, 6) is -0.978. The number of aromatic nitrogens is 1. The van der Waals surface area contributed by atoms with E-state index in [0.29, 0.717) is 11.7 Å². The third-order valence-electron chi connectivity index (χ3n) is 2.68. The Labute approximate surface area is 123 Å². The van der Waals surface area contributed by atoms with Gasteiger partial charge in [0, 0.05) is 22.9 Å². The number of nitrogens with zero attached hydrogens (tertiary/aromatic N) is 2. The van der Waals surface area contributed by atoms with E-state index in [-0.39, 0.29) is 5.69 Å². The first-order chi connectivity index (χ1) is 8.99. The highest BCUT2D eigenvalue weighted by atomic mass is 79.9. The van der Waals surface area contributed by atoms with Crippen LogP contribution < -0.4 is 4.90 Å². The summed E-state index contributed by atoms with van der Waals surface area (Å²) in [5.41, 5.74) is 1.27. The van der Waals surface area contributed by atoms with Crippen molar-refractivity contribution < 1.29 is 9.90 Å². The minimum absolute atomic E-state index is 0.138. The Balaban J connectivity index is 2.21. The number of halogens is 1. The molecule has 0 bridgehead atoms. The minimum Gasteiger partial charge on any atom is -0.476 e. The number of carboxylic acid groups (broad SMARTS) is 1. The van der Waals surface area contributed by atoms with E-state index in [1.54, 1.807) is 6.92 Å². The highest BCUT2D eigenvalue weighted by molar-refractivity contribution is 9.10. The summed E-state index contributed by atoms with van der Waals surface area (Å²) in [5, 5.41) is 9.73. The van der Waals surface area contributed by atoms with Crippen LogP contribution >= 0.6 is 27.3 Å². The third kappa shape index (κ3) is 3.13. The molecule has 100 valence electrons. The number of benzene rings is 1. The Morgan fingerprint density at radius 1 is 1.47 bits per heavy atom. The normalized spacial score (nSPS) is 10.5. The fourth-order valence-corrected chi connectivity index (χ4v) is 2.96. The predicted molar refractivity (Wildman–Crippen MR) is 80.1 cm³/mol. The maximum Gasteiger partial charge on any atom is 0.355 e. The molecule has 0 saturated heterocycles. The topological polar surface area (TPSA) is 53.4 Å². The van der Waals surface area contributed by atoms with Gasteiger partial charge in [0.1, 0.15) is 0 Å². The molecule has 2 aromatic rings. The van der Waals surface area contributed by atoms with Crippen LogP contribution in [0.2, 0.25) is 0 Å². The van der Waals surface area contributed by atoms with E-state index < -0.39 is 5.97 Å². The van der Waals surface area contributed by atoms with Crippen LogP contribution in [0.4, 0.5) is 5.13 Å². The minimum atomic E-state index is -0.978. The van der Waals surface area contributed by atoms with E-state index in [0.717, 1.165) is 14.9 Å². The van der Waals surface area contributed by atoms with E-state index >= 15 is 0 Å². The Morgan fingerprint density at radius 3 is 2.74 bits per heavy atom. The average Bonchev–Trinajstić information content (AvgIpc) is 2.74. The van der Waals surface area contributed by atoms with Crippen molar-refractivity contribution in [2.45, 2.75) is 13.5 Å². The van der Waals surface area contributed by atoms with E-state index in [4.69, 9.17) is 5.11 Å². The zero-order valence-corrected chi connectivity index (χ0v) is 13.0. The molecule has 0 radical (unpaired) electrons.